The summed E-state index contributed by atoms with van der Waals surface area (Å²) >= 11 is 0. The van der Waals surface area contributed by atoms with Gasteiger partial charge in [0.15, 0.2) is 0 Å². The Bertz CT molecular complexity index is 1010. The molecule has 0 atom stereocenters. The van der Waals surface area contributed by atoms with Crippen molar-refractivity contribution in [1.82, 2.24) is 15.5 Å². The zero-order valence-corrected chi connectivity index (χ0v) is 18.5. The van der Waals surface area contributed by atoms with Gasteiger partial charge in [0.2, 0.25) is 17.6 Å². The van der Waals surface area contributed by atoms with Gasteiger partial charge in [-0.15, -0.1) is 0 Å². The Hall–Kier alpha value is -3.35. The number of aromatic nitrogens is 2. The van der Waals surface area contributed by atoms with Crippen molar-refractivity contribution in [3.05, 3.63) is 60.0 Å². The van der Waals surface area contributed by atoms with E-state index in [0.717, 1.165) is 30.0 Å². The van der Waals surface area contributed by atoms with Crippen molar-refractivity contribution in [3.8, 4) is 17.1 Å². The first kappa shape index (κ1) is 21.9. The highest BCUT2D eigenvalue weighted by Gasteiger charge is 2.14. The van der Waals surface area contributed by atoms with Gasteiger partial charge in [-0.05, 0) is 56.5 Å². The molecule has 1 aromatic heterocycles. The van der Waals surface area contributed by atoms with E-state index in [9.17, 15) is 4.79 Å². The largest absolute Gasteiger partial charge is 0.494 e. The second-order valence-electron chi connectivity index (χ2n) is 7.92. The van der Waals surface area contributed by atoms with Gasteiger partial charge < -0.3 is 19.5 Å². The van der Waals surface area contributed by atoms with Crippen LogP contribution < -0.4 is 15.0 Å². The number of carbonyl (C=O) groups is 1. The van der Waals surface area contributed by atoms with Crippen molar-refractivity contribution in [2.45, 2.75) is 45.6 Å². The van der Waals surface area contributed by atoms with Gasteiger partial charge in [0.1, 0.15) is 5.75 Å². The molecule has 2 heterocycles. The Kier molecular flexibility index (Phi) is 7.38. The zero-order valence-electron chi connectivity index (χ0n) is 18.5. The molecule has 4 rings (SSSR count). The molecule has 1 amide bonds. The number of para-hydroxylation sites is 1. The van der Waals surface area contributed by atoms with Gasteiger partial charge in [-0.25, -0.2) is 0 Å². The molecule has 1 saturated heterocycles. The van der Waals surface area contributed by atoms with Gasteiger partial charge in [-0.2, -0.15) is 4.98 Å². The molecular weight excluding hydrogens is 404 g/mol. The van der Waals surface area contributed by atoms with Gasteiger partial charge in [0.25, 0.3) is 0 Å². The van der Waals surface area contributed by atoms with Crippen LogP contribution in [0.3, 0.4) is 0 Å². The lowest BCUT2D eigenvalue weighted by Crippen LogP contribution is -2.29. The molecule has 1 aliphatic heterocycles. The predicted octanol–water partition coefficient (Wildman–Crippen LogP) is 4.37. The van der Waals surface area contributed by atoms with Crippen molar-refractivity contribution >= 4 is 11.6 Å². The number of carbonyl (C=O) groups excluding carboxylic acids is 1. The van der Waals surface area contributed by atoms with Crippen LogP contribution in [0.15, 0.2) is 53.1 Å². The van der Waals surface area contributed by atoms with Crippen LogP contribution in [-0.4, -0.2) is 35.7 Å². The number of nitrogens with zero attached hydrogens (tertiary/aromatic N) is 3. The second kappa shape index (κ2) is 10.8. The van der Waals surface area contributed by atoms with E-state index in [4.69, 9.17) is 9.26 Å². The highest BCUT2D eigenvalue weighted by molar-refractivity contribution is 5.76. The lowest BCUT2D eigenvalue weighted by Gasteiger charge is -2.28. The van der Waals surface area contributed by atoms with Crippen molar-refractivity contribution < 1.29 is 14.1 Å². The summed E-state index contributed by atoms with van der Waals surface area (Å²) in [4.78, 5) is 19.2. The Morgan fingerprint density at radius 3 is 2.66 bits per heavy atom. The topological polar surface area (TPSA) is 80.5 Å². The molecule has 1 aliphatic rings. The van der Waals surface area contributed by atoms with Crippen LogP contribution in [0.5, 0.6) is 5.75 Å². The average molecular weight is 435 g/mol. The van der Waals surface area contributed by atoms with E-state index >= 15 is 0 Å². The lowest BCUT2D eigenvalue weighted by molar-refractivity contribution is -0.121. The van der Waals surface area contributed by atoms with Crippen molar-refractivity contribution in [2.75, 3.05) is 24.6 Å². The molecule has 1 N–H and O–H groups in total. The molecule has 2 aromatic carbocycles. The number of rotatable bonds is 9. The van der Waals surface area contributed by atoms with E-state index < -0.39 is 0 Å². The first-order valence-corrected chi connectivity index (χ1v) is 11.4. The fourth-order valence-corrected chi connectivity index (χ4v) is 3.90. The third-order valence-corrected chi connectivity index (χ3v) is 5.63. The second-order valence-corrected chi connectivity index (χ2v) is 7.92. The van der Waals surface area contributed by atoms with Crippen molar-refractivity contribution in [2.24, 2.45) is 0 Å². The maximum Gasteiger partial charge on any atom is 0.227 e. The van der Waals surface area contributed by atoms with Gasteiger partial charge in [0, 0.05) is 49.3 Å². The van der Waals surface area contributed by atoms with Crippen molar-refractivity contribution in [1.29, 1.82) is 0 Å². The van der Waals surface area contributed by atoms with Crippen LogP contribution >= 0.6 is 0 Å². The van der Waals surface area contributed by atoms with Gasteiger partial charge in [0.05, 0.1) is 6.61 Å². The van der Waals surface area contributed by atoms with E-state index in [0.29, 0.717) is 31.3 Å². The molecular formula is C25H30N4O3. The van der Waals surface area contributed by atoms with Crippen LogP contribution in [0.4, 0.5) is 5.69 Å². The summed E-state index contributed by atoms with van der Waals surface area (Å²) in [5, 5.41) is 7.01. The third kappa shape index (κ3) is 5.66. The molecule has 32 heavy (non-hydrogen) atoms. The highest BCUT2D eigenvalue weighted by Crippen LogP contribution is 2.24. The molecule has 7 nitrogen and oxygen atoms in total. The number of benzene rings is 2. The standard InChI is InChI=1S/C25H30N4O3/c1-2-31-22-9-5-4-8-20(22)18-26-23(30)14-15-24-27-25(28-32-24)19-10-12-21(13-11-19)29-16-6-3-7-17-29/h4-5,8-13H,2-3,6-7,14-18H2,1H3,(H,26,30). The highest BCUT2D eigenvalue weighted by atomic mass is 16.5. The fourth-order valence-electron chi connectivity index (χ4n) is 3.90. The molecule has 0 radical (unpaired) electrons. The van der Waals surface area contributed by atoms with Crippen LogP contribution in [-0.2, 0) is 17.8 Å². The van der Waals surface area contributed by atoms with Crippen molar-refractivity contribution in [3.63, 3.8) is 0 Å². The number of amides is 1. The lowest BCUT2D eigenvalue weighted by atomic mass is 10.1. The quantitative estimate of drug-likeness (QED) is 0.539. The molecule has 1 fully saturated rings. The molecule has 0 spiro atoms. The maximum atomic E-state index is 12.3. The summed E-state index contributed by atoms with van der Waals surface area (Å²) in [5.74, 6) is 1.74. The minimum Gasteiger partial charge on any atom is -0.494 e. The van der Waals surface area contributed by atoms with Crippen LogP contribution in [0.25, 0.3) is 11.4 Å². The molecule has 0 unspecified atom stereocenters. The number of ether oxygens (including phenoxy) is 1. The average Bonchev–Trinajstić information content (AvgIpc) is 3.32. The fraction of sp³-hybridized carbons (Fsp3) is 0.400. The number of aryl methyl sites for hydroxylation is 1. The maximum absolute atomic E-state index is 12.3. The SMILES string of the molecule is CCOc1ccccc1CNC(=O)CCc1nc(-c2ccc(N3CCCCC3)cc2)no1. The minimum atomic E-state index is -0.0677. The summed E-state index contributed by atoms with van der Waals surface area (Å²) in [6.45, 7) is 5.19. The Morgan fingerprint density at radius 2 is 1.88 bits per heavy atom. The van der Waals surface area contributed by atoms with Gasteiger partial charge in [-0.3, -0.25) is 4.79 Å². The molecule has 7 heteroatoms. The Morgan fingerprint density at radius 1 is 1.09 bits per heavy atom. The van der Waals surface area contributed by atoms with E-state index in [-0.39, 0.29) is 12.3 Å². The molecule has 0 aliphatic carbocycles. The Labute approximate surface area is 188 Å². The summed E-state index contributed by atoms with van der Waals surface area (Å²) < 4.78 is 11.0. The number of nitrogens with one attached hydrogen (secondary N) is 1. The molecule has 168 valence electrons. The summed E-state index contributed by atoms with van der Waals surface area (Å²) in [5.41, 5.74) is 3.10. The first-order valence-electron chi connectivity index (χ1n) is 11.4. The minimum absolute atomic E-state index is 0.0677. The Balaban J connectivity index is 1.27. The van der Waals surface area contributed by atoms with Crippen LogP contribution in [0.2, 0.25) is 0 Å². The zero-order chi connectivity index (χ0) is 22.2. The number of piperidine rings is 1. The first-order chi connectivity index (χ1) is 15.7. The molecule has 3 aromatic rings. The summed E-state index contributed by atoms with van der Waals surface area (Å²) in [6, 6.07) is 16.0. The number of hydrogen-bond acceptors (Lipinski definition) is 6. The van der Waals surface area contributed by atoms with E-state index in [1.165, 1.54) is 24.9 Å². The monoisotopic (exact) mass is 434 g/mol. The predicted molar refractivity (Wildman–Crippen MR) is 124 cm³/mol. The number of hydrogen-bond donors (Lipinski definition) is 1. The van der Waals surface area contributed by atoms with Gasteiger partial charge >= 0.3 is 0 Å². The number of anilines is 1. The van der Waals surface area contributed by atoms with E-state index in [2.05, 4.69) is 32.5 Å². The normalized spacial score (nSPS) is 13.7. The van der Waals surface area contributed by atoms with E-state index in [1.807, 2.05) is 43.3 Å². The molecule has 0 saturated carbocycles. The van der Waals surface area contributed by atoms with Crippen LogP contribution in [0.1, 0.15) is 44.1 Å². The molecule has 0 bridgehead atoms. The summed E-state index contributed by atoms with van der Waals surface area (Å²) in [6.07, 6.45) is 4.51. The smallest absolute Gasteiger partial charge is 0.227 e. The van der Waals surface area contributed by atoms with Gasteiger partial charge in [-0.1, -0.05) is 23.4 Å². The summed E-state index contributed by atoms with van der Waals surface area (Å²) in [7, 11) is 0. The third-order valence-electron chi connectivity index (χ3n) is 5.63. The van der Waals surface area contributed by atoms with Crippen LogP contribution in [0, 0.1) is 0 Å². The van der Waals surface area contributed by atoms with E-state index in [1.54, 1.807) is 0 Å².